The standard InChI is InChI=1S/C17H9Cl2NO2S.C7H16O/c18-12-5-6-14(19)13(9-12)15(21)10-1-3-11(4-2-10)16(22)17-20-7-8-23-17;1-5-8-6-7(2,3)4/h1-9H;5-6H2,1-4H3. The van der Waals surface area contributed by atoms with Gasteiger partial charge in [0.25, 0.3) is 0 Å². The number of carbonyl (C=O) groups is 2. The molecule has 0 fully saturated rings. The van der Waals surface area contributed by atoms with Crippen molar-refractivity contribution in [3.63, 3.8) is 0 Å². The average molecular weight is 478 g/mol. The molecule has 0 aliphatic heterocycles. The molecule has 164 valence electrons. The number of halogens is 2. The molecular weight excluding hydrogens is 453 g/mol. The number of ketones is 2. The third-order valence-electron chi connectivity index (χ3n) is 3.95. The van der Waals surface area contributed by atoms with Gasteiger partial charge in [0.1, 0.15) is 0 Å². The fourth-order valence-electron chi connectivity index (χ4n) is 2.47. The summed E-state index contributed by atoms with van der Waals surface area (Å²) in [6.45, 7) is 10.2. The first kappa shape index (κ1) is 25.2. The molecule has 0 spiro atoms. The highest BCUT2D eigenvalue weighted by Crippen LogP contribution is 2.24. The summed E-state index contributed by atoms with van der Waals surface area (Å²) >= 11 is 13.2. The van der Waals surface area contributed by atoms with E-state index in [-0.39, 0.29) is 11.6 Å². The van der Waals surface area contributed by atoms with Crippen LogP contribution in [0.4, 0.5) is 0 Å². The van der Waals surface area contributed by atoms with Crippen molar-refractivity contribution in [2.45, 2.75) is 27.7 Å². The van der Waals surface area contributed by atoms with Crippen LogP contribution in [0.15, 0.2) is 54.0 Å². The Morgan fingerprint density at radius 1 is 1.00 bits per heavy atom. The summed E-state index contributed by atoms with van der Waals surface area (Å²) < 4.78 is 5.20. The molecule has 1 aromatic heterocycles. The Kier molecular flexibility index (Phi) is 9.38. The Labute approximate surface area is 197 Å². The Hall–Kier alpha value is -2.05. The topological polar surface area (TPSA) is 56.3 Å². The van der Waals surface area contributed by atoms with Crippen LogP contribution in [0.2, 0.25) is 10.0 Å². The van der Waals surface area contributed by atoms with Crippen molar-refractivity contribution in [1.82, 2.24) is 4.98 Å². The van der Waals surface area contributed by atoms with Crippen molar-refractivity contribution >= 4 is 46.1 Å². The molecule has 0 aliphatic rings. The van der Waals surface area contributed by atoms with Crippen LogP contribution in [-0.2, 0) is 4.74 Å². The van der Waals surface area contributed by atoms with E-state index in [1.165, 1.54) is 17.4 Å². The number of ether oxygens (including phenoxy) is 1. The van der Waals surface area contributed by atoms with Gasteiger partial charge in [-0.25, -0.2) is 4.98 Å². The highest BCUT2D eigenvalue weighted by Gasteiger charge is 2.16. The summed E-state index contributed by atoms with van der Waals surface area (Å²) in [5, 5.41) is 2.93. The number of nitrogens with zero attached hydrogens (tertiary/aromatic N) is 1. The van der Waals surface area contributed by atoms with Gasteiger partial charge in [0.05, 0.1) is 11.6 Å². The molecule has 0 radical (unpaired) electrons. The smallest absolute Gasteiger partial charge is 0.221 e. The minimum absolute atomic E-state index is 0.167. The highest BCUT2D eigenvalue weighted by molar-refractivity contribution is 7.11. The van der Waals surface area contributed by atoms with Gasteiger partial charge in [0.15, 0.2) is 10.8 Å². The van der Waals surface area contributed by atoms with Gasteiger partial charge in [0.2, 0.25) is 5.78 Å². The molecule has 0 unspecified atom stereocenters. The summed E-state index contributed by atoms with van der Waals surface area (Å²) in [6.07, 6.45) is 1.58. The highest BCUT2D eigenvalue weighted by atomic mass is 35.5. The number of benzene rings is 2. The molecule has 7 heteroatoms. The second-order valence-electron chi connectivity index (χ2n) is 7.89. The largest absolute Gasteiger partial charge is 0.381 e. The van der Waals surface area contributed by atoms with E-state index < -0.39 is 0 Å². The van der Waals surface area contributed by atoms with Gasteiger partial charge in [-0.05, 0) is 30.5 Å². The molecule has 3 aromatic rings. The molecule has 31 heavy (non-hydrogen) atoms. The third kappa shape index (κ3) is 7.86. The quantitative estimate of drug-likeness (QED) is 0.359. The van der Waals surface area contributed by atoms with E-state index in [2.05, 4.69) is 25.8 Å². The van der Waals surface area contributed by atoms with Crippen LogP contribution in [0.25, 0.3) is 0 Å². The van der Waals surface area contributed by atoms with Crippen LogP contribution < -0.4 is 0 Å². The predicted molar refractivity (Wildman–Crippen MR) is 128 cm³/mol. The zero-order valence-electron chi connectivity index (χ0n) is 17.9. The maximum Gasteiger partial charge on any atom is 0.221 e. The van der Waals surface area contributed by atoms with Crippen molar-refractivity contribution in [3.05, 3.63) is 85.8 Å². The summed E-state index contributed by atoms with van der Waals surface area (Å²) in [5.74, 6) is -0.412. The number of thiazole rings is 1. The fourth-order valence-corrected chi connectivity index (χ4v) is 3.44. The Balaban J connectivity index is 0.000000366. The lowest BCUT2D eigenvalue weighted by Crippen LogP contribution is -2.14. The Morgan fingerprint density at radius 3 is 2.10 bits per heavy atom. The average Bonchev–Trinajstić information content (AvgIpc) is 3.28. The fraction of sp³-hybridized carbons (Fsp3) is 0.292. The minimum Gasteiger partial charge on any atom is -0.381 e. The van der Waals surface area contributed by atoms with Gasteiger partial charge in [-0.15, -0.1) is 11.3 Å². The van der Waals surface area contributed by atoms with Gasteiger partial charge in [-0.2, -0.15) is 0 Å². The van der Waals surface area contributed by atoms with Gasteiger partial charge in [-0.1, -0.05) is 68.2 Å². The van der Waals surface area contributed by atoms with Crippen LogP contribution in [0.5, 0.6) is 0 Å². The molecule has 0 amide bonds. The first-order chi connectivity index (χ1) is 14.6. The van der Waals surface area contributed by atoms with Crippen molar-refractivity contribution in [3.8, 4) is 0 Å². The lowest BCUT2D eigenvalue weighted by Gasteiger charge is -2.16. The summed E-state index contributed by atoms with van der Waals surface area (Å²) in [5.41, 5.74) is 1.58. The van der Waals surface area contributed by atoms with E-state index in [1.54, 1.807) is 48.0 Å². The monoisotopic (exact) mass is 477 g/mol. The number of carbonyl (C=O) groups excluding carboxylic acids is 2. The molecule has 0 saturated carbocycles. The normalized spacial score (nSPS) is 10.9. The van der Waals surface area contributed by atoms with Crippen LogP contribution in [0.3, 0.4) is 0 Å². The molecule has 0 N–H and O–H groups in total. The van der Waals surface area contributed by atoms with Crippen LogP contribution in [0, 0.1) is 5.41 Å². The predicted octanol–water partition coefficient (Wildman–Crippen LogP) is 6.98. The summed E-state index contributed by atoms with van der Waals surface area (Å²) in [7, 11) is 0. The van der Waals surface area contributed by atoms with Crippen molar-refractivity contribution in [1.29, 1.82) is 0 Å². The van der Waals surface area contributed by atoms with Gasteiger partial charge in [0, 0.05) is 39.9 Å². The molecule has 4 nitrogen and oxygen atoms in total. The maximum atomic E-state index is 12.5. The summed E-state index contributed by atoms with van der Waals surface area (Å²) in [4.78, 5) is 28.7. The van der Waals surface area contributed by atoms with E-state index in [0.717, 1.165) is 13.2 Å². The van der Waals surface area contributed by atoms with E-state index in [1.807, 2.05) is 6.92 Å². The lowest BCUT2D eigenvalue weighted by atomic mass is 9.99. The second-order valence-corrected chi connectivity index (χ2v) is 9.63. The number of aromatic nitrogens is 1. The van der Waals surface area contributed by atoms with Crippen molar-refractivity contribution in [2.75, 3.05) is 13.2 Å². The number of hydrogen-bond acceptors (Lipinski definition) is 5. The molecule has 0 atom stereocenters. The number of rotatable bonds is 6. The first-order valence-corrected chi connectivity index (χ1v) is 11.4. The van der Waals surface area contributed by atoms with Gasteiger partial charge >= 0.3 is 0 Å². The van der Waals surface area contributed by atoms with Gasteiger partial charge in [-0.3, -0.25) is 9.59 Å². The van der Waals surface area contributed by atoms with Crippen molar-refractivity contribution in [2.24, 2.45) is 5.41 Å². The zero-order chi connectivity index (χ0) is 23.0. The SMILES string of the molecule is CCOCC(C)(C)C.O=C(c1ccc(C(=O)c2cc(Cl)ccc2Cl)cc1)c1nccs1. The van der Waals surface area contributed by atoms with Gasteiger partial charge < -0.3 is 4.74 Å². The molecular formula is C24H25Cl2NO3S. The van der Waals surface area contributed by atoms with Crippen LogP contribution >= 0.6 is 34.5 Å². The zero-order valence-corrected chi connectivity index (χ0v) is 20.3. The molecule has 0 saturated heterocycles. The lowest BCUT2D eigenvalue weighted by molar-refractivity contribution is 0.0805. The first-order valence-electron chi connectivity index (χ1n) is 9.74. The van der Waals surface area contributed by atoms with Crippen molar-refractivity contribution < 1.29 is 14.3 Å². The van der Waals surface area contributed by atoms with Crippen LogP contribution in [-0.4, -0.2) is 29.8 Å². The third-order valence-corrected chi connectivity index (χ3v) is 5.28. The Bertz CT molecular complexity index is 1010. The second kappa shape index (κ2) is 11.5. The van der Waals surface area contributed by atoms with E-state index in [9.17, 15) is 9.59 Å². The van der Waals surface area contributed by atoms with E-state index in [4.69, 9.17) is 27.9 Å². The van der Waals surface area contributed by atoms with Crippen LogP contribution in [0.1, 0.15) is 59.0 Å². The maximum absolute atomic E-state index is 12.5. The molecule has 0 bridgehead atoms. The minimum atomic E-state index is -0.245. The summed E-state index contributed by atoms with van der Waals surface area (Å²) in [6, 6.07) is 11.1. The Morgan fingerprint density at radius 2 is 1.61 bits per heavy atom. The molecule has 2 aromatic carbocycles. The molecule has 0 aliphatic carbocycles. The van der Waals surface area contributed by atoms with E-state index >= 15 is 0 Å². The van der Waals surface area contributed by atoms with E-state index in [0.29, 0.717) is 37.2 Å². The molecule has 3 rings (SSSR count). The number of hydrogen-bond donors (Lipinski definition) is 0. The molecule has 1 heterocycles.